The number of aromatic nitrogens is 1. The highest BCUT2D eigenvalue weighted by Crippen LogP contribution is 2.22. The van der Waals surface area contributed by atoms with Crippen LogP contribution in [0.1, 0.15) is 0 Å². The third-order valence-corrected chi connectivity index (χ3v) is 1.98. The van der Waals surface area contributed by atoms with Crippen LogP contribution in [-0.4, -0.2) is 10.1 Å². The van der Waals surface area contributed by atoms with Gasteiger partial charge in [-0.2, -0.15) is 0 Å². The topological polar surface area (TPSA) is 33.1 Å². The highest BCUT2D eigenvalue weighted by atomic mass is 35.5. The molecular formula is C9H5ClFNO. The fraction of sp³-hybridized carbons (Fsp3) is 0. The van der Waals surface area contributed by atoms with Crippen molar-refractivity contribution in [3.8, 4) is 5.75 Å². The zero-order valence-electron chi connectivity index (χ0n) is 6.46. The van der Waals surface area contributed by atoms with E-state index in [1.54, 1.807) is 6.07 Å². The molecule has 0 spiro atoms. The van der Waals surface area contributed by atoms with Crippen molar-refractivity contribution >= 4 is 22.5 Å². The van der Waals surface area contributed by atoms with Gasteiger partial charge in [0, 0.05) is 11.5 Å². The Bertz CT molecular complexity index is 472. The molecule has 0 unspecified atom stereocenters. The van der Waals surface area contributed by atoms with Crippen molar-refractivity contribution in [2.45, 2.75) is 0 Å². The molecule has 0 aliphatic heterocycles. The molecule has 4 heteroatoms. The average Bonchev–Trinajstić information content (AvgIpc) is 2.08. The fourth-order valence-corrected chi connectivity index (χ4v) is 1.25. The largest absolute Gasteiger partial charge is 0.508 e. The van der Waals surface area contributed by atoms with Gasteiger partial charge in [0.25, 0.3) is 0 Å². The molecule has 1 aromatic heterocycles. The second-order valence-corrected chi connectivity index (χ2v) is 3.00. The van der Waals surface area contributed by atoms with Crippen LogP contribution in [0.25, 0.3) is 10.9 Å². The Kier molecular flexibility index (Phi) is 1.81. The molecule has 0 radical (unpaired) electrons. The van der Waals surface area contributed by atoms with E-state index in [0.717, 1.165) is 0 Å². The minimum Gasteiger partial charge on any atom is -0.508 e. The lowest BCUT2D eigenvalue weighted by Gasteiger charge is -1.99. The number of phenolic OH excluding ortho intramolecular Hbond substituents is 1. The molecule has 2 rings (SSSR count). The molecule has 0 saturated carbocycles. The maximum Gasteiger partial charge on any atom is 0.165 e. The number of phenols is 1. The summed E-state index contributed by atoms with van der Waals surface area (Å²) in [7, 11) is 0. The van der Waals surface area contributed by atoms with Crippen LogP contribution < -0.4 is 0 Å². The summed E-state index contributed by atoms with van der Waals surface area (Å²) in [5.41, 5.74) is 0.478. The Morgan fingerprint density at radius 2 is 2.08 bits per heavy atom. The average molecular weight is 198 g/mol. The lowest BCUT2D eigenvalue weighted by molar-refractivity contribution is 0.476. The number of hydrogen-bond donors (Lipinski definition) is 1. The van der Waals surface area contributed by atoms with Crippen molar-refractivity contribution in [2.24, 2.45) is 0 Å². The summed E-state index contributed by atoms with van der Waals surface area (Å²) < 4.78 is 12.9. The van der Waals surface area contributed by atoms with Crippen molar-refractivity contribution in [1.29, 1.82) is 0 Å². The van der Waals surface area contributed by atoms with Crippen LogP contribution in [0.3, 0.4) is 0 Å². The smallest absolute Gasteiger partial charge is 0.165 e. The molecule has 2 aromatic rings. The SMILES string of the molecule is Oc1ccc2cc(F)c(Cl)nc2c1. The molecule has 0 bridgehead atoms. The second kappa shape index (κ2) is 2.85. The maximum absolute atomic E-state index is 12.9. The van der Waals surface area contributed by atoms with Crippen LogP contribution in [0, 0.1) is 5.82 Å². The van der Waals surface area contributed by atoms with E-state index in [9.17, 15) is 4.39 Å². The molecule has 1 N–H and O–H groups in total. The van der Waals surface area contributed by atoms with Crippen molar-refractivity contribution in [3.63, 3.8) is 0 Å². The fourth-order valence-electron chi connectivity index (χ4n) is 1.11. The first kappa shape index (κ1) is 8.26. The molecule has 1 heterocycles. The molecule has 0 saturated heterocycles. The van der Waals surface area contributed by atoms with Gasteiger partial charge in [0.15, 0.2) is 11.0 Å². The van der Waals surface area contributed by atoms with E-state index in [1.165, 1.54) is 18.2 Å². The van der Waals surface area contributed by atoms with Crippen molar-refractivity contribution in [2.75, 3.05) is 0 Å². The minimum absolute atomic E-state index is 0.0858. The third kappa shape index (κ3) is 1.42. The number of nitrogens with zero attached hydrogens (tertiary/aromatic N) is 1. The van der Waals surface area contributed by atoms with Gasteiger partial charge < -0.3 is 5.11 Å². The predicted octanol–water partition coefficient (Wildman–Crippen LogP) is 2.73. The summed E-state index contributed by atoms with van der Waals surface area (Å²) in [5, 5.41) is 9.54. The molecule has 0 aliphatic rings. The van der Waals surface area contributed by atoms with Gasteiger partial charge in [0.05, 0.1) is 5.52 Å². The summed E-state index contributed by atoms with van der Waals surface area (Å²) in [5.74, 6) is -0.470. The van der Waals surface area contributed by atoms with E-state index >= 15 is 0 Å². The van der Waals surface area contributed by atoms with Gasteiger partial charge in [-0.25, -0.2) is 9.37 Å². The molecule has 0 fully saturated rings. The zero-order valence-corrected chi connectivity index (χ0v) is 7.22. The highest BCUT2D eigenvalue weighted by molar-refractivity contribution is 6.29. The zero-order chi connectivity index (χ0) is 9.42. The van der Waals surface area contributed by atoms with Crippen LogP contribution in [0.15, 0.2) is 24.3 Å². The standard InChI is InChI=1S/C9H5ClFNO/c10-9-7(11)3-5-1-2-6(13)4-8(5)12-9/h1-4,13H. The molecule has 0 atom stereocenters. The Morgan fingerprint density at radius 3 is 2.85 bits per heavy atom. The summed E-state index contributed by atoms with van der Waals surface area (Å²) in [6, 6.07) is 5.76. The van der Waals surface area contributed by atoms with Gasteiger partial charge in [-0.15, -0.1) is 0 Å². The molecular weight excluding hydrogens is 193 g/mol. The lowest BCUT2D eigenvalue weighted by Crippen LogP contribution is -1.84. The van der Waals surface area contributed by atoms with Gasteiger partial charge in [0.1, 0.15) is 5.75 Å². The molecule has 66 valence electrons. The van der Waals surface area contributed by atoms with Gasteiger partial charge >= 0.3 is 0 Å². The predicted molar refractivity (Wildman–Crippen MR) is 48.4 cm³/mol. The van der Waals surface area contributed by atoms with E-state index in [1.807, 2.05) is 0 Å². The minimum atomic E-state index is -0.556. The van der Waals surface area contributed by atoms with E-state index in [-0.39, 0.29) is 10.9 Å². The van der Waals surface area contributed by atoms with Crippen LogP contribution >= 0.6 is 11.6 Å². The molecule has 0 amide bonds. The Hall–Kier alpha value is -1.35. The number of hydrogen-bond acceptors (Lipinski definition) is 2. The van der Waals surface area contributed by atoms with Gasteiger partial charge in [0.2, 0.25) is 0 Å². The molecule has 0 aliphatic carbocycles. The number of rotatable bonds is 0. The van der Waals surface area contributed by atoms with Crippen LogP contribution in [0.5, 0.6) is 5.75 Å². The number of benzene rings is 1. The Labute approximate surface area is 78.6 Å². The lowest BCUT2D eigenvalue weighted by atomic mass is 10.2. The maximum atomic E-state index is 12.9. The van der Waals surface area contributed by atoms with E-state index in [2.05, 4.69) is 4.98 Å². The van der Waals surface area contributed by atoms with Crippen LogP contribution in [0.4, 0.5) is 4.39 Å². The Morgan fingerprint density at radius 1 is 1.31 bits per heavy atom. The monoisotopic (exact) mass is 197 g/mol. The number of pyridine rings is 1. The van der Waals surface area contributed by atoms with Gasteiger partial charge in [-0.1, -0.05) is 11.6 Å². The normalized spacial score (nSPS) is 10.6. The summed E-state index contributed by atoms with van der Waals surface area (Å²) in [4.78, 5) is 3.77. The van der Waals surface area contributed by atoms with Crippen molar-refractivity contribution in [1.82, 2.24) is 4.98 Å². The van der Waals surface area contributed by atoms with Crippen LogP contribution in [-0.2, 0) is 0 Å². The first-order valence-corrected chi connectivity index (χ1v) is 3.99. The number of halogens is 2. The van der Waals surface area contributed by atoms with E-state index < -0.39 is 5.82 Å². The van der Waals surface area contributed by atoms with Gasteiger partial charge in [-0.3, -0.25) is 0 Å². The first-order valence-electron chi connectivity index (χ1n) is 3.61. The summed E-state index contributed by atoms with van der Waals surface area (Å²) >= 11 is 5.47. The Balaban J connectivity index is 2.81. The van der Waals surface area contributed by atoms with Crippen molar-refractivity contribution < 1.29 is 9.50 Å². The van der Waals surface area contributed by atoms with Crippen LogP contribution in [0.2, 0.25) is 5.15 Å². The molecule has 1 aromatic carbocycles. The molecule has 2 nitrogen and oxygen atoms in total. The quantitative estimate of drug-likeness (QED) is 0.659. The summed E-state index contributed by atoms with van der Waals surface area (Å²) in [6.45, 7) is 0. The second-order valence-electron chi connectivity index (χ2n) is 2.64. The molecule has 13 heavy (non-hydrogen) atoms. The number of fused-ring (bicyclic) bond motifs is 1. The van der Waals surface area contributed by atoms with Gasteiger partial charge in [-0.05, 0) is 18.2 Å². The summed E-state index contributed by atoms with van der Waals surface area (Å²) in [6.07, 6.45) is 0. The van der Waals surface area contributed by atoms with E-state index in [4.69, 9.17) is 16.7 Å². The van der Waals surface area contributed by atoms with Crippen molar-refractivity contribution in [3.05, 3.63) is 35.2 Å². The highest BCUT2D eigenvalue weighted by Gasteiger charge is 2.03. The first-order chi connectivity index (χ1) is 6.16. The third-order valence-electron chi connectivity index (χ3n) is 1.71. The van der Waals surface area contributed by atoms with E-state index in [0.29, 0.717) is 10.9 Å². The number of aromatic hydroxyl groups is 1.